The van der Waals surface area contributed by atoms with E-state index < -0.39 is 5.97 Å². The van der Waals surface area contributed by atoms with Gasteiger partial charge in [0.05, 0.1) is 11.1 Å². The second kappa shape index (κ2) is 5.19. The third-order valence-electron chi connectivity index (χ3n) is 1.77. The average Bonchev–Trinajstić information content (AvgIpc) is 2.25. The number of hydrogen-bond acceptors (Lipinski definition) is 3. The van der Waals surface area contributed by atoms with Gasteiger partial charge in [0.15, 0.2) is 0 Å². The van der Waals surface area contributed by atoms with E-state index in [0.717, 1.165) is 0 Å². The summed E-state index contributed by atoms with van der Waals surface area (Å²) in [5.41, 5.74) is 0.200. The van der Waals surface area contributed by atoms with Crippen LogP contribution in [0.5, 0.6) is 5.75 Å². The highest BCUT2D eigenvalue weighted by molar-refractivity contribution is 6.30. The van der Waals surface area contributed by atoms with Crippen molar-refractivity contribution >= 4 is 17.6 Å². The Hall–Kier alpha value is -1.99. The monoisotopic (exact) mass is 237 g/mol. The molecule has 0 aliphatic carbocycles. The number of carbonyl (C=O) groups is 1. The summed E-state index contributed by atoms with van der Waals surface area (Å²) < 4.78 is 5.14. The molecule has 0 atom stereocenters. The van der Waals surface area contributed by atoms with Crippen LogP contribution in [0, 0.1) is 11.3 Å². The summed E-state index contributed by atoms with van der Waals surface area (Å²) in [7, 11) is 0. The molecule has 0 saturated heterocycles. The molecule has 0 unspecified atom stereocenters. The van der Waals surface area contributed by atoms with Crippen LogP contribution in [0.1, 0.15) is 5.56 Å². The van der Waals surface area contributed by atoms with Crippen LogP contribution in [0.2, 0.25) is 5.02 Å². The van der Waals surface area contributed by atoms with E-state index in [0.29, 0.717) is 10.6 Å². The number of rotatable bonds is 4. The van der Waals surface area contributed by atoms with Crippen LogP contribution in [0.4, 0.5) is 0 Å². The molecule has 0 aliphatic rings. The lowest BCUT2D eigenvalue weighted by molar-refractivity contribution is -0.133. The van der Waals surface area contributed by atoms with Crippen molar-refractivity contribution in [1.82, 2.24) is 0 Å². The Bertz CT molecular complexity index is 477. The molecule has 1 rings (SSSR count). The highest BCUT2D eigenvalue weighted by atomic mass is 35.5. The van der Waals surface area contributed by atoms with Gasteiger partial charge in [0.2, 0.25) is 0 Å². The number of ether oxygens (including phenoxy) is 1. The minimum Gasteiger partial charge on any atom is -0.487 e. The van der Waals surface area contributed by atoms with Gasteiger partial charge in [-0.3, -0.25) is 0 Å². The van der Waals surface area contributed by atoms with E-state index in [2.05, 4.69) is 6.58 Å². The molecule has 4 nitrogen and oxygen atoms in total. The highest BCUT2D eigenvalue weighted by Gasteiger charge is 2.08. The van der Waals surface area contributed by atoms with Gasteiger partial charge in [-0.15, -0.1) is 0 Å². The van der Waals surface area contributed by atoms with Gasteiger partial charge in [-0.25, -0.2) is 4.79 Å². The summed E-state index contributed by atoms with van der Waals surface area (Å²) in [6.07, 6.45) is 0. The molecule has 1 N–H and O–H groups in total. The molecule has 5 heteroatoms. The van der Waals surface area contributed by atoms with Gasteiger partial charge in [-0.1, -0.05) is 18.2 Å². The minimum atomic E-state index is -1.14. The molecule has 1 aromatic carbocycles. The second-order valence-corrected chi connectivity index (χ2v) is 3.39. The molecule has 16 heavy (non-hydrogen) atoms. The van der Waals surface area contributed by atoms with E-state index in [1.807, 2.05) is 6.07 Å². The van der Waals surface area contributed by atoms with Crippen LogP contribution in [0.25, 0.3) is 0 Å². The minimum absolute atomic E-state index is 0.0936. The van der Waals surface area contributed by atoms with Gasteiger partial charge in [0.1, 0.15) is 18.4 Å². The van der Waals surface area contributed by atoms with Crippen LogP contribution in [-0.4, -0.2) is 17.7 Å². The SMILES string of the molecule is C=C(COc1cc(Cl)ccc1C#N)C(=O)O. The van der Waals surface area contributed by atoms with Gasteiger partial charge in [-0.2, -0.15) is 5.26 Å². The lowest BCUT2D eigenvalue weighted by atomic mass is 10.2. The van der Waals surface area contributed by atoms with E-state index in [1.54, 1.807) is 6.07 Å². The third-order valence-corrected chi connectivity index (χ3v) is 2.00. The maximum atomic E-state index is 10.5. The van der Waals surface area contributed by atoms with Gasteiger partial charge in [-0.05, 0) is 12.1 Å². The largest absolute Gasteiger partial charge is 0.487 e. The number of carboxylic acid groups (broad SMARTS) is 1. The van der Waals surface area contributed by atoms with Crippen molar-refractivity contribution in [3.63, 3.8) is 0 Å². The molecule has 0 bridgehead atoms. The second-order valence-electron chi connectivity index (χ2n) is 2.95. The van der Waals surface area contributed by atoms with E-state index >= 15 is 0 Å². The Morgan fingerprint density at radius 1 is 1.62 bits per heavy atom. The summed E-state index contributed by atoms with van der Waals surface area (Å²) in [5, 5.41) is 17.8. The van der Waals surface area contributed by atoms with E-state index in [9.17, 15) is 4.79 Å². The maximum Gasteiger partial charge on any atom is 0.334 e. The molecule has 82 valence electrons. The lowest BCUT2D eigenvalue weighted by Crippen LogP contribution is -2.09. The van der Waals surface area contributed by atoms with Crippen molar-refractivity contribution in [3.05, 3.63) is 40.9 Å². The topological polar surface area (TPSA) is 70.3 Å². The number of carboxylic acids is 1. The predicted molar refractivity (Wildman–Crippen MR) is 58.4 cm³/mol. The summed E-state index contributed by atoms with van der Waals surface area (Å²) in [4.78, 5) is 10.5. The first-order valence-corrected chi connectivity index (χ1v) is 4.66. The summed E-state index contributed by atoms with van der Waals surface area (Å²) in [6.45, 7) is 3.12. The first-order valence-electron chi connectivity index (χ1n) is 4.28. The predicted octanol–water partition coefficient (Wildman–Crippen LogP) is 2.23. The molecular formula is C11H8ClNO3. The Morgan fingerprint density at radius 3 is 2.88 bits per heavy atom. The summed E-state index contributed by atoms with van der Waals surface area (Å²) in [6, 6.07) is 6.42. The normalized spacial score (nSPS) is 9.25. The first kappa shape index (κ1) is 12.1. The van der Waals surface area contributed by atoms with E-state index in [-0.39, 0.29) is 17.9 Å². The van der Waals surface area contributed by atoms with Crippen LogP contribution >= 0.6 is 11.6 Å². The van der Waals surface area contributed by atoms with Crippen molar-refractivity contribution in [1.29, 1.82) is 5.26 Å². The van der Waals surface area contributed by atoms with Crippen molar-refractivity contribution in [2.75, 3.05) is 6.61 Å². The molecule has 0 fully saturated rings. The zero-order chi connectivity index (χ0) is 12.1. The maximum absolute atomic E-state index is 10.5. The van der Waals surface area contributed by atoms with Crippen molar-refractivity contribution in [2.45, 2.75) is 0 Å². The standard InChI is InChI=1S/C11H8ClNO3/c1-7(11(14)15)6-16-10-4-9(12)3-2-8(10)5-13/h2-4H,1,6H2,(H,14,15). The van der Waals surface area contributed by atoms with Crippen LogP contribution in [0.15, 0.2) is 30.4 Å². The van der Waals surface area contributed by atoms with E-state index in [1.165, 1.54) is 12.1 Å². The molecule has 0 aromatic heterocycles. The number of benzene rings is 1. The Balaban J connectivity index is 2.81. The zero-order valence-electron chi connectivity index (χ0n) is 8.24. The molecule has 0 spiro atoms. The van der Waals surface area contributed by atoms with Crippen LogP contribution < -0.4 is 4.74 Å². The number of nitriles is 1. The zero-order valence-corrected chi connectivity index (χ0v) is 8.99. The van der Waals surface area contributed by atoms with Gasteiger partial charge >= 0.3 is 5.97 Å². The molecule has 0 amide bonds. The molecule has 0 heterocycles. The number of halogens is 1. The van der Waals surface area contributed by atoms with Crippen molar-refractivity contribution < 1.29 is 14.6 Å². The first-order chi connectivity index (χ1) is 7.54. The fraction of sp³-hybridized carbons (Fsp3) is 0.0909. The highest BCUT2D eigenvalue weighted by Crippen LogP contribution is 2.22. The van der Waals surface area contributed by atoms with Gasteiger partial charge in [0.25, 0.3) is 0 Å². The molecule has 0 aliphatic heterocycles. The van der Waals surface area contributed by atoms with Gasteiger partial charge < -0.3 is 9.84 Å². The number of nitrogens with zero attached hydrogens (tertiary/aromatic N) is 1. The molecular weight excluding hydrogens is 230 g/mol. The average molecular weight is 238 g/mol. The Labute approximate surface area is 97.3 Å². The quantitative estimate of drug-likeness (QED) is 0.816. The molecule has 0 saturated carbocycles. The Morgan fingerprint density at radius 2 is 2.31 bits per heavy atom. The fourth-order valence-electron chi connectivity index (χ4n) is 0.935. The van der Waals surface area contributed by atoms with Crippen molar-refractivity contribution in [3.8, 4) is 11.8 Å². The molecule has 1 aromatic rings. The molecule has 0 radical (unpaired) electrons. The third kappa shape index (κ3) is 3.01. The smallest absolute Gasteiger partial charge is 0.334 e. The van der Waals surface area contributed by atoms with Crippen LogP contribution in [0.3, 0.4) is 0 Å². The van der Waals surface area contributed by atoms with Crippen LogP contribution in [-0.2, 0) is 4.79 Å². The number of hydrogen-bond donors (Lipinski definition) is 1. The number of aliphatic carboxylic acids is 1. The van der Waals surface area contributed by atoms with Gasteiger partial charge in [0, 0.05) is 11.1 Å². The van der Waals surface area contributed by atoms with Crippen molar-refractivity contribution in [2.24, 2.45) is 0 Å². The fourth-order valence-corrected chi connectivity index (χ4v) is 1.10. The summed E-state index contributed by atoms with van der Waals surface area (Å²) >= 11 is 5.72. The van der Waals surface area contributed by atoms with E-state index in [4.69, 9.17) is 26.7 Å². The summed E-state index contributed by atoms with van der Waals surface area (Å²) in [5.74, 6) is -0.891. The Kier molecular flexibility index (Phi) is 3.92. The lowest BCUT2D eigenvalue weighted by Gasteiger charge is -2.07.